The molecule has 0 bridgehead atoms. The van der Waals surface area contributed by atoms with Gasteiger partial charge in [-0.3, -0.25) is 0 Å². The van der Waals surface area contributed by atoms with E-state index in [0.29, 0.717) is 0 Å². The molecular formula is C10H11NO. The molecule has 1 fully saturated rings. The van der Waals surface area contributed by atoms with E-state index in [0.717, 1.165) is 34.4 Å². The van der Waals surface area contributed by atoms with Crippen LogP contribution in [0.15, 0.2) is 4.42 Å². The van der Waals surface area contributed by atoms with Crippen LogP contribution in [0.1, 0.15) is 12.8 Å². The first-order chi connectivity index (χ1) is 5.75. The van der Waals surface area contributed by atoms with E-state index in [1.807, 2.05) is 6.92 Å². The summed E-state index contributed by atoms with van der Waals surface area (Å²) in [6.45, 7) is 4.18. The lowest BCUT2D eigenvalue weighted by Gasteiger charge is -1.87. The number of rotatable bonds is 0. The van der Waals surface area contributed by atoms with Gasteiger partial charge < -0.3 is 4.42 Å². The van der Waals surface area contributed by atoms with Crippen molar-refractivity contribution in [3.05, 3.63) is 16.7 Å². The van der Waals surface area contributed by atoms with Gasteiger partial charge in [0.25, 0.3) is 0 Å². The van der Waals surface area contributed by atoms with Gasteiger partial charge in [-0.2, -0.15) is 0 Å². The maximum atomic E-state index is 5.45. The average molecular weight is 161 g/mol. The van der Waals surface area contributed by atoms with Crippen molar-refractivity contribution in [3.63, 3.8) is 0 Å². The van der Waals surface area contributed by atoms with Gasteiger partial charge in [-0.15, -0.1) is 0 Å². The van der Waals surface area contributed by atoms with Crippen molar-refractivity contribution in [2.24, 2.45) is 17.8 Å². The summed E-state index contributed by atoms with van der Waals surface area (Å²) in [6, 6.07) is 0. The molecule has 0 aliphatic heterocycles. The van der Waals surface area contributed by atoms with Crippen LogP contribution in [0.25, 0.3) is 12.2 Å². The molecule has 0 radical (unpaired) electrons. The number of oxazole rings is 1. The van der Waals surface area contributed by atoms with Gasteiger partial charge in [0.05, 0.1) is 0 Å². The van der Waals surface area contributed by atoms with Crippen molar-refractivity contribution in [2.75, 3.05) is 0 Å². The smallest absolute Gasteiger partial charge is 0.192 e. The maximum Gasteiger partial charge on any atom is 0.192 e. The van der Waals surface area contributed by atoms with Gasteiger partial charge in [-0.25, -0.2) is 4.98 Å². The standard InChI is InChI=1S/C10H11NO/c1-5-7-3-9-10(4-8(5)7)12-6(2)11-9/h3-5,7-8H,1-2H3. The molecule has 3 unspecified atom stereocenters. The van der Waals surface area contributed by atoms with Gasteiger partial charge >= 0.3 is 0 Å². The monoisotopic (exact) mass is 161 g/mol. The summed E-state index contributed by atoms with van der Waals surface area (Å²) in [5.41, 5.74) is 0.984. The summed E-state index contributed by atoms with van der Waals surface area (Å²) >= 11 is 0. The SMILES string of the molecule is Cc1nc2c(o1)=CC1C(C)C1C=2. The highest BCUT2D eigenvalue weighted by Crippen LogP contribution is 2.48. The largest absolute Gasteiger partial charge is 0.441 e. The minimum atomic E-state index is 0.727. The molecule has 0 spiro atoms. The van der Waals surface area contributed by atoms with E-state index in [1.54, 1.807) is 0 Å². The zero-order valence-corrected chi connectivity index (χ0v) is 7.24. The van der Waals surface area contributed by atoms with Crippen LogP contribution < -0.4 is 10.8 Å². The molecule has 1 heterocycles. The minimum Gasteiger partial charge on any atom is -0.441 e. The van der Waals surface area contributed by atoms with Crippen LogP contribution in [-0.4, -0.2) is 4.98 Å². The Morgan fingerprint density at radius 3 is 2.92 bits per heavy atom. The highest BCUT2D eigenvalue weighted by molar-refractivity contribution is 5.47. The van der Waals surface area contributed by atoms with Gasteiger partial charge in [0.2, 0.25) is 0 Å². The number of fused-ring (bicyclic) bond motifs is 2. The Kier molecular flexibility index (Phi) is 0.978. The van der Waals surface area contributed by atoms with Crippen LogP contribution in [0.5, 0.6) is 0 Å². The highest BCUT2D eigenvalue weighted by Gasteiger charge is 2.45. The maximum absolute atomic E-state index is 5.45. The van der Waals surface area contributed by atoms with Crippen LogP contribution in [0.3, 0.4) is 0 Å². The topological polar surface area (TPSA) is 26.0 Å². The predicted molar refractivity (Wildman–Crippen MR) is 45.6 cm³/mol. The van der Waals surface area contributed by atoms with E-state index in [4.69, 9.17) is 4.42 Å². The number of nitrogens with zero attached hydrogens (tertiary/aromatic N) is 1. The zero-order chi connectivity index (χ0) is 8.29. The Hall–Kier alpha value is -1.05. The van der Waals surface area contributed by atoms with Crippen molar-refractivity contribution >= 4 is 12.2 Å². The predicted octanol–water partition coefficient (Wildman–Crippen LogP) is 0.440. The Labute approximate surface area is 70.6 Å². The molecule has 1 aromatic heterocycles. The van der Waals surface area contributed by atoms with E-state index >= 15 is 0 Å². The lowest BCUT2D eigenvalue weighted by atomic mass is 10.2. The fourth-order valence-electron chi connectivity index (χ4n) is 2.11. The molecule has 3 rings (SSSR count). The number of aromatic nitrogens is 1. The van der Waals surface area contributed by atoms with Crippen molar-refractivity contribution in [1.29, 1.82) is 0 Å². The van der Waals surface area contributed by atoms with Gasteiger partial charge in [0.15, 0.2) is 11.3 Å². The number of hydrogen-bond donors (Lipinski definition) is 0. The lowest BCUT2D eigenvalue weighted by Crippen LogP contribution is -2.24. The second-order valence-corrected chi connectivity index (χ2v) is 3.83. The number of aryl methyl sites for hydroxylation is 1. The van der Waals surface area contributed by atoms with Crippen LogP contribution in [0.4, 0.5) is 0 Å². The molecule has 2 aliphatic carbocycles. The summed E-state index contributed by atoms with van der Waals surface area (Å²) in [5.74, 6) is 3.04. The minimum absolute atomic E-state index is 0.727. The first-order valence-electron chi connectivity index (χ1n) is 4.43. The van der Waals surface area contributed by atoms with E-state index in [-0.39, 0.29) is 0 Å². The molecule has 2 nitrogen and oxygen atoms in total. The molecule has 2 heteroatoms. The quantitative estimate of drug-likeness (QED) is 0.552. The summed E-state index contributed by atoms with van der Waals surface area (Å²) < 4.78 is 5.45. The van der Waals surface area contributed by atoms with Gasteiger partial charge in [0.1, 0.15) is 5.35 Å². The molecule has 0 saturated heterocycles. The van der Waals surface area contributed by atoms with E-state index in [2.05, 4.69) is 24.1 Å². The Balaban J connectivity index is 2.28. The zero-order valence-electron chi connectivity index (χ0n) is 7.24. The Morgan fingerprint density at radius 1 is 1.33 bits per heavy atom. The first kappa shape index (κ1) is 6.46. The fourth-order valence-corrected chi connectivity index (χ4v) is 2.11. The number of hydrogen-bond acceptors (Lipinski definition) is 2. The summed E-state index contributed by atoms with van der Waals surface area (Å²) in [7, 11) is 0. The molecule has 3 atom stereocenters. The molecular weight excluding hydrogens is 150 g/mol. The molecule has 1 aromatic rings. The normalized spacial score (nSPS) is 36.0. The Bertz CT molecular complexity index is 403. The molecule has 1 saturated carbocycles. The molecule has 62 valence electrons. The Morgan fingerprint density at radius 2 is 2.08 bits per heavy atom. The van der Waals surface area contributed by atoms with E-state index < -0.39 is 0 Å². The fraction of sp³-hybridized carbons (Fsp3) is 0.500. The van der Waals surface area contributed by atoms with E-state index in [9.17, 15) is 0 Å². The third kappa shape index (κ3) is 0.675. The summed E-state index contributed by atoms with van der Waals surface area (Å²) in [6.07, 6.45) is 4.48. The van der Waals surface area contributed by atoms with Gasteiger partial charge in [0, 0.05) is 6.92 Å². The van der Waals surface area contributed by atoms with Crippen LogP contribution >= 0.6 is 0 Å². The third-order valence-electron chi connectivity index (χ3n) is 3.00. The summed E-state index contributed by atoms with van der Waals surface area (Å²) in [5, 5.41) is 1.05. The van der Waals surface area contributed by atoms with Gasteiger partial charge in [-0.1, -0.05) is 13.0 Å². The lowest BCUT2D eigenvalue weighted by molar-refractivity contribution is 0.489. The second kappa shape index (κ2) is 1.82. The highest BCUT2D eigenvalue weighted by atomic mass is 16.3. The molecule has 12 heavy (non-hydrogen) atoms. The molecule has 0 amide bonds. The second-order valence-electron chi connectivity index (χ2n) is 3.83. The van der Waals surface area contributed by atoms with Crippen LogP contribution in [0, 0.1) is 24.7 Å². The van der Waals surface area contributed by atoms with Crippen molar-refractivity contribution in [1.82, 2.24) is 4.98 Å². The molecule has 0 aromatic carbocycles. The van der Waals surface area contributed by atoms with Gasteiger partial charge in [-0.05, 0) is 23.8 Å². The molecule has 0 N–H and O–H groups in total. The van der Waals surface area contributed by atoms with Crippen LogP contribution in [-0.2, 0) is 0 Å². The van der Waals surface area contributed by atoms with E-state index in [1.165, 1.54) is 0 Å². The van der Waals surface area contributed by atoms with Crippen LogP contribution in [0.2, 0.25) is 0 Å². The first-order valence-corrected chi connectivity index (χ1v) is 4.43. The van der Waals surface area contributed by atoms with Crippen molar-refractivity contribution < 1.29 is 4.42 Å². The van der Waals surface area contributed by atoms with Crippen molar-refractivity contribution in [2.45, 2.75) is 13.8 Å². The summed E-state index contributed by atoms with van der Waals surface area (Å²) in [4.78, 5) is 4.31. The molecule has 2 aliphatic rings. The third-order valence-corrected chi connectivity index (χ3v) is 3.00. The van der Waals surface area contributed by atoms with Crippen molar-refractivity contribution in [3.8, 4) is 0 Å². The average Bonchev–Trinajstić information content (AvgIpc) is 2.53.